The summed E-state index contributed by atoms with van der Waals surface area (Å²) in [5, 5.41) is 3.46. The van der Waals surface area contributed by atoms with Crippen LogP contribution in [-0.2, 0) is 6.54 Å². The summed E-state index contributed by atoms with van der Waals surface area (Å²) in [6.45, 7) is 8.56. The van der Waals surface area contributed by atoms with Crippen molar-refractivity contribution in [3.63, 3.8) is 0 Å². The van der Waals surface area contributed by atoms with Gasteiger partial charge < -0.3 is 14.6 Å². The molecule has 1 N–H and O–H groups in total. The Hall–Kier alpha value is -1.07. The fourth-order valence-corrected chi connectivity index (χ4v) is 2.54. The van der Waals surface area contributed by atoms with Crippen molar-refractivity contribution in [2.45, 2.75) is 38.8 Å². The molecule has 5 nitrogen and oxygen atoms in total. The van der Waals surface area contributed by atoms with Crippen molar-refractivity contribution in [3.05, 3.63) is 12.0 Å². The first kappa shape index (κ1) is 12.9. The van der Waals surface area contributed by atoms with Gasteiger partial charge in [-0.2, -0.15) is 4.98 Å². The van der Waals surface area contributed by atoms with Crippen molar-refractivity contribution >= 4 is 6.01 Å². The fraction of sp³-hybridized carbons (Fsp3) is 0.786. The zero-order valence-corrected chi connectivity index (χ0v) is 11.8. The third kappa shape index (κ3) is 3.48. The highest BCUT2D eigenvalue weighted by molar-refractivity contribution is 5.28. The number of hydrogen-bond acceptors (Lipinski definition) is 5. The smallest absolute Gasteiger partial charge is 0.297 e. The molecule has 0 aromatic carbocycles. The molecule has 1 saturated heterocycles. The number of piperazine rings is 1. The molecule has 1 saturated carbocycles. The molecule has 0 amide bonds. The molecule has 1 aromatic rings. The van der Waals surface area contributed by atoms with Crippen molar-refractivity contribution in [3.8, 4) is 0 Å². The summed E-state index contributed by atoms with van der Waals surface area (Å²) in [4.78, 5) is 9.35. The highest BCUT2D eigenvalue weighted by atomic mass is 16.4. The molecular weight excluding hydrogens is 240 g/mol. The van der Waals surface area contributed by atoms with E-state index in [9.17, 15) is 0 Å². The molecule has 19 heavy (non-hydrogen) atoms. The lowest BCUT2D eigenvalue weighted by molar-refractivity contribution is 0.253. The molecule has 2 heterocycles. The molecular formula is C14H24N4O. The summed E-state index contributed by atoms with van der Waals surface area (Å²) < 4.78 is 5.61. The fourth-order valence-electron chi connectivity index (χ4n) is 2.54. The van der Waals surface area contributed by atoms with Crippen LogP contribution in [0.25, 0.3) is 0 Å². The van der Waals surface area contributed by atoms with Crippen LogP contribution in [0, 0.1) is 0 Å². The minimum atomic E-state index is 0.720. The maximum Gasteiger partial charge on any atom is 0.297 e. The van der Waals surface area contributed by atoms with Gasteiger partial charge in [-0.1, -0.05) is 6.92 Å². The largest absolute Gasteiger partial charge is 0.432 e. The van der Waals surface area contributed by atoms with Crippen molar-refractivity contribution in [2.75, 3.05) is 37.6 Å². The van der Waals surface area contributed by atoms with Crippen LogP contribution in [0.15, 0.2) is 10.7 Å². The van der Waals surface area contributed by atoms with Gasteiger partial charge >= 0.3 is 0 Å². The lowest BCUT2D eigenvalue weighted by atomic mass is 10.3. The van der Waals surface area contributed by atoms with Crippen LogP contribution in [0.5, 0.6) is 0 Å². The first-order chi connectivity index (χ1) is 9.35. The topological polar surface area (TPSA) is 44.5 Å². The average Bonchev–Trinajstić information content (AvgIpc) is 3.15. The van der Waals surface area contributed by atoms with Crippen LogP contribution in [0.3, 0.4) is 0 Å². The number of anilines is 1. The van der Waals surface area contributed by atoms with E-state index < -0.39 is 0 Å². The van der Waals surface area contributed by atoms with Crippen LogP contribution in [-0.4, -0.2) is 48.6 Å². The van der Waals surface area contributed by atoms with Crippen LogP contribution in [0.2, 0.25) is 0 Å². The zero-order valence-electron chi connectivity index (χ0n) is 11.8. The number of aromatic nitrogens is 1. The van der Waals surface area contributed by atoms with Crippen LogP contribution >= 0.6 is 0 Å². The molecule has 0 unspecified atom stereocenters. The van der Waals surface area contributed by atoms with Gasteiger partial charge in [0.25, 0.3) is 6.01 Å². The molecule has 1 aliphatic heterocycles. The van der Waals surface area contributed by atoms with E-state index in [1.165, 1.54) is 25.8 Å². The van der Waals surface area contributed by atoms with E-state index in [1.807, 2.05) is 0 Å². The van der Waals surface area contributed by atoms with Crippen LogP contribution < -0.4 is 10.2 Å². The Kier molecular flexibility index (Phi) is 4.03. The highest BCUT2D eigenvalue weighted by Crippen LogP contribution is 2.20. The maximum absolute atomic E-state index is 5.61. The van der Waals surface area contributed by atoms with E-state index in [2.05, 4.69) is 27.0 Å². The molecule has 0 radical (unpaired) electrons. The number of rotatable bonds is 6. The van der Waals surface area contributed by atoms with Crippen molar-refractivity contribution in [2.24, 2.45) is 0 Å². The monoisotopic (exact) mass is 264 g/mol. The van der Waals surface area contributed by atoms with Crippen molar-refractivity contribution in [1.82, 2.24) is 15.2 Å². The van der Waals surface area contributed by atoms with Gasteiger partial charge in [0, 0.05) is 38.8 Å². The third-order valence-electron chi connectivity index (χ3n) is 3.87. The van der Waals surface area contributed by atoms with Gasteiger partial charge in [-0.3, -0.25) is 4.90 Å². The second-order valence-electron chi connectivity index (χ2n) is 5.61. The summed E-state index contributed by atoms with van der Waals surface area (Å²) in [6, 6.07) is 1.52. The zero-order chi connectivity index (χ0) is 13.1. The Morgan fingerprint density at radius 2 is 2.11 bits per heavy atom. The Morgan fingerprint density at radius 1 is 1.32 bits per heavy atom. The molecule has 0 spiro atoms. The van der Waals surface area contributed by atoms with Gasteiger partial charge in [0.05, 0.1) is 5.69 Å². The quantitative estimate of drug-likeness (QED) is 0.842. The standard InChI is InChI=1S/C14H24N4O/c1-2-5-17-6-8-18(9-7-17)14-16-13(11-19-14)10-15-12-3-4-12/h11-12,15H,2-10H2,1H3. The van der Waals surface area contributed by atoms with Gasteiger partial charge in [-0.05, 0) is 25.8 Å². The predicted molar refractivity (Wildman–Crippen MR) is 75.3 cm³/mol. The predicted octanol–water partition coefficient (Wildman–Crippen LogP) is 1.46. The molecule has 2 fully saturated rings. The average molecular weight is 264 g/mol. The van der Waals surface area contributed by atoms with Gasteiger partial charge in [0.1, 0.15) is 6.26 Å². The van der Waals surface area contributed by atoms with Crippen molar-refractivity contribution in [1.29, 1.82) is 0 Å². The summed E-state index contributed by atoms with van der Waals surface area (Å²) in [7, 11) is 0. The van der Waals surface area contributed by atoms with Gasteiger partial charge in [0.15, 0.2) is 0 Å². The Balaban J connectivity index is 1.48. The number of hydrogen-bond donors (Lipinski definition) is 1. The summed E-state index contributed by atoms with van der Waals surface area (Å²) in [5.74, 6) is 0. The molecule has 106 valence electrons. The Bertz CT molecular complexity index is 394. The minimum absolute atomic E-state index is 0.720. The number of nitrogens with zero attached hydrogens (tertiary/aromatic N) is 3. The Labute approximate surface area is 115 Å². The first-order valence-electron chi connectivity index (χ1n) is 7.50. The van der Waals surface area contributed by atoms with Gasteiger partial charge in [-0.25, -0.2) is 0 Å². The number of nitrogens with one attached hydrogen (secondary N) is 1. The highest BCUT2D eigenvalue weighted by Gasteiger charge is 2.22. The first-order valence-corrected chi connectivity index (χ1v) is 7.50. The molecule has 1 aliphatic carbocycles. The van der Waals surface area contributed by atoms with E-state index >= 15 is 0 Å². The van der Waals surface area contributed by atoms with Gasteiger partial charge in [0.2, 0.25) is 0 Å². The molecule has 5 heteroatoms. The van der Waals surface area contributed by atoms with E-state index in [4.69, 9.17) is 4.42 Å². The second kappa shape index (κ2) is 5.92. The maximum atomic E-state index is 5.61. The third-order valence-corrected chi connectivity index (χ3v) is 3.87. The lowest BCUT2D eigenvalue weighted by Crippen LogP contribution is -2.46. The summed E-state index contributed by atoms with van der Waals surface area (Å²) in [6.07, 6.45) is 5.65. The minimum Gasteiger partial charge on any atom is -0.432 e. The lowest BCUT2D eigenvalue weighted by Gasteiger charge is -2.33. The Morgan fingerprint density at radius 3 is 2.79 bits per heavy atom. The van der Waals surface area contributed by atoms with Crippen LogP contribution in [0.1, 0.15) is 31.9 Å². The molecule has 0 atom stereocenters. The summed E-state index contributed by atoms with van der Waals surface area (Å²) >= 11 is 0. The second-order valence-corrected chi connectivity index (χ2v) is 5.61. The van der Waals surface area contributed by atoms with E-state index in [0.717, 1.165) is 50.5 Å². The van der Waals surface area contributed by atoms with Crippen LogP contribution in [0.4, 0.5) is 6.01 Å². The van der Waals surface area contributed by atoms with E-state index in [-0.39, 0.29) is 0 Å². The molecule has 1 aromatic heterocycles. The number of oxazole rings is 1. The molecule has 3 rings (SSSR count). The normalized spacial score (nSPS) is 21.0. The van der Waals surface area contributed by atoms with E-state index in [0.29, 0.717) is 0 Å². The summed E-state index contributed by atoms with van der Waals surface area (Å²) in [5.41, 5.74) is 1.03. The molecule has 0 bridgehead atoms. The van der Waals surface area contributed by atoms with E-state index in [1.54, 1.807) is 6.26 Å². The van der Waals surface area contributed by atoms with Gasteiger partial charge in [-0.15, -0.1) is 0 Å². The SMILES string of the molecule is CCCN1CCN(c2nc(CNC3CC3)co2)CC1. The van der Waals surface area contributed by atoms with Crippen molar-refractivity contribution < 1.29 is 4.42 Å². The molecule has 2 aliphatic rings.